The third-order valence-corrected chi connectivity index (χ3v) is 2.33. The number of nitro groups is 1. The van der Waals surface area contributed by atoms with E-state index in [0.717, 1.165) is 0 Å². The van der Waals surface area contributed by atoms with Crippen molar-refractivity contribution in [3.05, 3.63) is 52.6 Å². The van der Waals surface area contributed by atoms with E-state index in [1.54, 1.807) is 12.1 Å². The number of benzene rings is 2. The van der Waals surface area contributed by atoms with Crippen LogP contribution < -0.4 is 0 Å². The maximum absolute atomic E-state index is 10.8. The van der Waals surface area contributed by atoms with E-state index in [0.29, 0.717) is 0 Å². The van der Waals surface area contributed by atoms with Gasteiger partial charge >= 0.3 is 5.69 Å². The Bertz CT molecular complexity index is 655. The highest BCUT2D eigenvalue weighted by molar-refractivity contribution is 5.65. The molecule has 0 radical (unpaired) electrons. The van der Waals surface area contributed by atoms with Gasteiger partial charge in [-0.15, -0.1) is 10.2 Å². The van der Waals surface area contributed by atoms with Crippen molar-refractivity contribution in [1.29, 1.82) is 0 Å². The van der Waals surface area contributed by atoms with Crippen molar-refractivity contribution < 1.29 is 15.1 Å². The first-order valence-corrected chi connectivity index (χ1v) is 5.25. The molecule has 0 amide bonds. The SMILES string of the molecule is O=[N+]([O-])c1cccc(O)c1N=Nc1ccccc1O. The number of para-hydroxylation sites is 1. The number of phenols is 2. The van der Waals surface area contributed by atoms with Gasteiger partial charge in [0, 0.05) is 6.07 Å². The Morgan fingerprint density at radius 2 is 1.63 bits per heavy atom. The van der Waals surface area contributed by atoms with E-state index in [9.17, 15) is 20.3 Å². The van der Waals surface area contributed by atoms with Crippen molar-refractivity contribution in [2.75, 3.05) is 0 Å². The molecule has 0 bridgehead atoms. The molecule has 7 heteroatoms. The predicted octanol–water partition coefficient (Wildman–Crippen LogP) is 3.42. The summed E-state index contributed by atoms with van der Waals surface area (Å²) in [4.78, 5) is 10.1. The van der Waals surface area contributed by atoms with E-state index in [-0.39, 0.29) is 28.6 Å². The number of nitro benzene ring substituents is 1. The lowest BCUT2D eigenvalue weighted by Gasteiger charge is -1.99. The molecular weight excluding hydrogens is 250 g/mol. The van der Waals surface area contributed by atoms with Crippen LogP contribution in [0.3, 0.4) is 0 Å². The summed E-state index contributed by atoms with van der Waals surface area (Å²) in [6.45, 7) is 0. The van der Waals surface area contributed by atoms with Gasteiger partial charge in [0.05, 0.1) is 4.92 Å². The fourth-order valence-corrected chi connectivity index (χ4v) is 1.42. The molecule has 0 aromatic heterocycles. The highest BCUT2D eigenvalue weighted by Gasteiger charge is 2.17. The number of hydrogen-bond acceptors (Lipinski definition) is 6. The molecular formula is C12H9N3O4. The van der Waals surface area contributed by atoms with Gasteiger partial charge in [-0.3, -0.25) is 10.1 Å². The first-order chi connectivity index (χ1) is 9.09. The van der Waals surface area contributed by atoms with E-state index in [2.05, 4.69) is 10.2 Å². The Balaban J connectivity index is 2.44. The topological polar surface area (TPSA) is 108 Å². The molecule has 0 aliphatic rings. The van der Waals surface area contributed by atoms with Crippen LogP contribution in [0.5, 0.6) is 11.5 Å². The van der Waals surface area contributed by atoms with Gasteiger partial charge in [0.1, 0.15) is 17.2 Å². The summed E-state index contributed by atoms with van der Waals surface area (Å²) >= 11 is 0. The minimum atomic E-state index is -0.668. The fraction of sp³-hybridized carbons (Fsp3) is 0. The highest BCUT2D eigenvalue weighted by atomic mass is 16.6. The molecule has 0 unspecified atom stereocenters. The molecule has 0 atom stereocenters. The minimum absolute atomic E-state index is 0.107. The molecule has 0 fully saturated rings. The summed E-state index contributed by atoms with van der Waals surface area (Å²) in [6.07, 6.45) is 0. The van der Waals surface area contributed by atoms with E-state index in [1.807, 2.05) is 0 Å². The largest absolute Gasteiger partial charge is 0.506 e. The summed E-state index contributed by atoms with van der Waals surface area (Å²) in [6, 6.07) is 9.96. The smallest absolute Gasteiger partial charge is 0.300 e. The standard InChI is InChI=1S/C12H9N3O4/c16-10-6-2-1-4-8(10)13-14-12-9(15(18)19)5-3-7-11(12)17/h1-7,16-17H. The van der Waals surface area contributed by atoms with Crippen LogP contribution >= 0.6 is 0 Å². The van der Waals surface area contributed by atoms with Crippen molar-refractivity contribution >= 4 is 17.1 Å². The first-order valence-electron chi connectivity index (χ1n) is 5.25. The van der Waals surface area contributed by atoms with Crippen LogP contribution in [0.1, 0.15) is 0 Å². The van der Waals surface area contributed by atoms with Crippen LogP contribution in [0.15, 0.2) is 52.7 Å². The zero-order valence-electron chi connectivity index (χ0n) is 9.59. The zero-order valence-corrected chi connectivity index (χ0v) is 9.59. The van der Waals surface area contributed by atoms with Gasteiger partial charge in [0.15, 0.2) is 0 Å². The Morgan fingerprint density at radius 1 is 0.947 bits per heavy atom. The van der Waals surface area contributed by atoms with Crippen LogP contribution in [0.2, 0.25) is 0 Å². The molecule has 2 N–H and O–H groups in total. The first kappa shape index (κ1) is 12.5. The zero-order chi connectivity index (χ0) is 13.8. The van der Waals surface area contributed by atoms with Crippen molar-refractivity contribution in [3.8, 4) is 11.5 Å². The second-order valence-corrected chi connectivity index (χ2v) is 3.59. The number of nitrogens with zero attached hydrogens (tertiary/aromatic N) is 3. The quantitative estimate of drug-likeness (QED) is 0.500. The van der Waals surface area contributed by atoms with Crippen LogP contribution in [0.25, 0.3) is 0 Å². The Labute approximate surface area is 107 Å². The second-order valence-electron chi connectivity index (χ2n) is 3.59. The third-order valence-electron chi connectivity index (χ3n) is 2.33. The van der Waals surface area contributed by atoms with Gasteiger partial charge in [-0.1, -0.05) is 18.2 Å². The summed E-state index contributed by atoms with van der Waals surface area (Å²) in [5, 5.41) is 37.2. The van der Waals surface area contributed by atoms with Crippen molar-refractivity contribution in [3.63, 3.8) is 0 Å². The monoisotopic (exact) mass is 259 g/mol. The molecule has 0 aliphatic carbocycles. The lowest BCUT2D eigenvalue weighted by atomic mass is 10.2. The van der Waals surface area contributed by atoms with E-state index in [1.165, 1.54) is 30.3 Å². The Hall–Kier alpha value is -2.96. The van der Waals surface area contributed by atoms with Crippen molar-refractivity contribution in [1.82, 2.24) is 0 Å². The number of rotatable bonds is 3. The van der Waals surface area contributed by atoms with Crippen LogP contribution in [0.4, 0.5) is 17.1 Å². The summed E-state index contributed by atoms with van der Waals surface area (Å²) < 4.78 is 0. The fourth-order valence-electron chi connectivity index (χ4n) is 1.42. The van der Waals surface area contributed by atoms with E-state index < -0.39 is 4.92 Å². The van der Waals surface area contributed by atoms with Crippen LogP contribution in [-0.2, 0) is 0 Å². The number of aromatic hydroxyl groups is 2. The second kappa shape index (κ2) is 5.13. The molecule has 96 valence electrons. The number of hydrogen-bond donors (Lipinski definition) is 2. The number of azo groups is 1. The average molecular weight is 259 g/mol. The molecule has 0 saturated heterocycles. The average Bonchev–Trinajstić information content (AvgIpc) is 2.38. The van der Waals surface area contributed by atoms with Gasteiger partial charge in [-0.2, -0.15) is 0 Å². The maximum atomic E-state index is 10.8. The predicted molar refractivity (Wildman–Crippen MR) is 67.0 cm³/mol. The molecule has 19 heavy (non-hydrogen) atoms. The van der Waals surface area contributed by atoms with Gasteiger partial charge < -0.3 is 10.2 Å². The summed E-state index contributed by atoms with van der Waals surface area (Å²) in [5.74, 6) is -0.460. The van der Waals surface area contributed by atoms with E-state index in [4.69, 9.17) is 0 Å². The number of phenolic OH excluding ortho intramolecular Hbond substituents is 2. The molecule has 2 aromatic carbocycles. The maximum Gasteiger partial charge on any atom is 0.300 e. The molecule has 0 aliphatic heterocycles. The van der Waals surface area contributed by atoms with Gasteiger partial charge in [0.25, 0.3) is 0 Å². The highest BCUT2D eigenvalue weighted by Crippen LogP contribution is 2.37. The lowest BCUT2D eigenvalue weighted by Crippen LogP contribution is -1.87. The normalized spacial score (nSPS) is 10.7. The van der Waals surface area contributed by atoms with Crippen LogP contribution in [-0.4, -0.2) is 15.1 Å². The molecule has 7 nitrogen and oxygen atoms in total. The van der Waals surface area contributed by atoms with Crippen molar-refractivity contribution in [2.24, 2.45) is 10.2 Å². The van der Waals surface area contributed by atoms with Crippen molar-refractivity contribution in [2.45, 2.75) is 0 Å². The molecule has 0 heterocycles. The van der Waals surface area contributed by atoms with Gasteiger partial charge in [-0.05, 0) is 18.2 Å². The summed E-state index contributed by atoms with van der Waals surface area (Å²) in [5.41, 5.74) is -0.463. The van der Waals surface area contributed by atoms with Gasteiger partial charge in [0.2, 0.25) is 5.69 Å². The van der Waals surface area contributed by atoms with Crippen LogP contribution in [0, 0.1) is 10.1 Å². The molecule has 2 aromatic rings. The lowest BCUT2D eigenvalue weighted by molar-refractivity contribution is -0.384. The summed E-state index contributed by atoms with van der Waals surface area (Å²) in [7, 11) is 0. The third kappa shape index (κ3) is 2.65. The Kier molecular flexibility index (Phi) is 3.37. The minimum Gasteiger partial charge on any atom is -0.506 e. The molecule has 2 rings (SSSR count). The molecule has 0 spiro atoms. The Morgan fingerprint density at radius 3 is 2.32 bits per heavy atom. The molecule has 0 saturated carbocycles. The van der Waals surface area contributed by atoms with Gasteiger partial charge in [-0.25, -0.2) is 0 Å². The van der Waals surface area contributed by atoms with E-state index >= 15 is 0 Å².